The van der Waals surface area contributed by atoms with Crippen LogP contribution in [0.2, 0.25) is 10.0 Å². The molecule has 2 unspecified atom stereocenters. The van der Waals surface area contributed by atoms with Crippen LogP contribution in [0, 0.1) is 5.82 Å². The number of nitrogens with one attached hydrogen (secondary N) is 1. The summed E-state index contributed by atoms with van der Waals surface area (Å²) in [5, 5.41) is 2.84. The van der Waals surface area contributed by atoms with Gasteiger partial charge < -0.3 is 15.0 Å². The first-order valence-electron chi connectivity index (χ1n) is 8.10. The number of carbonyl (C=O) groups excluding carboxylic acids is 1. The summed E-state index contributed by atoms with van der Waals surface area (Å²) in [6, 6.07) is 1.62. The smallest absolute Gasteiger partial charge is 0.322 e. The molecule has 8 heteroatoms. The van der Waals surface area contributed by atoms with Gasteiger partial charge in [0.2, 0.25) is 5.90 Å². The van der Waals surface area contributed by atoms with Crippen molar-refractivity contribution < 1.29 is 13.9 Å². The minimum absolute atomic E-state index is 0.0223. The number of ether oxygens (including phenoxy) is 1. The van der Waals surface area contributed by atoms with E-state index in [-0.39, 0.29) is 27.8 Å². The summed E-state index contributed by atoms with van der Waals surface area (Å²) in [7, 11) is 1.54. The Morgan fingerprint density at radius 2 is 2.08 bits per heavy atom. The van der Waals surface area contributed by atoms with Gasteiger partial charge in [-0.3, -0.25) is 0 Å². The van der Waals surface area contributed by atoms with Gasteiger partial charge in [0.05, 0.1) is 41.5 Å². The Balaban J connectivity index is 1.87. The molecule has 2 atom stereocenters. The molecule has 2 heterocycles. The average molecular weight is 398 g/mol. The first-order chi connectivity index (χ1) is 12.4. The van der Waals surface area contributed by atoms with Crippen LogP contribution in [0.5, 0.6) is 0 Å². The molecule has 26 heavy (non-hydrogen) atoms. The average Bonchev–Trinajstić information content (AvgIpc) is 3.05. The number of aliphatic imine (C=N–C) groups is 1. The fourth-order valence-corrected chi connectivity index (χ4v) is 3.52. The highest BCUT2D eigenvalue weighted by Gasteiger charge is 2.38. The van der Waals surface area contributed by atoms with Crippen LogP contribution in [0.3, 0.4) is 0 Å². The number of urea groups is 1. The van der Waals surface area contributed by atoms with Gasteiger partial charge in [-0.1, -0.05) is 35.9 Å². The number of halogens is 3. The molecule has 2 amide bonds. The number of methoxy groups -OCH3 is 1. The molecule has 138 valence electrons. The van der Waals surface area contributed by atoms with Gasteiger partial charge in [-0.25, -0.2) is 14.2 Å². The van der Waals surface area contributed by atoms with Crippen LogP contribution in [0.15, 0.2) is 41.4 Å². The van der Waals surface area contributed by atoms with Gasteiger partial charge in [-0.05, 0) is 30.5 Å². The highest BCUT2D eigenvalue weighted by molar-refractivity contribution is 6.42. The van der Waals surface area contributed by atoms with Crippen molar-refractivity contribution in [1.82, 2.24) is 4.90 Å². The largest absolute Gasteiger partial charge is 0.481 e. The van der Waals surface area contributed by atoms with Gasteiger partial charge in [0.1, 0.15) is 5.82 Å². The van der Waals surface area contributed by atoms with Crippen molar-refractivity contribution in [2.45, 2.75) is 24.9 Å². The molecule has 5 nitrogen and oxygen atoms in total. The number of anilines is 1. The van der Waals surface area contributed by atoms with Crippen LogP contribution in [0.25, 0.3) is 0 Å². The molecular formula is C18H18Cl2FN3O2. The number of nitrogens with zero attached hydrogens (tertiary/aromatic N) is 2. The molecule has 2 bridgehead atoms. The minimum Gasteiger partial charge on any atom is -0.481 e. The van der Waals surface area contributed by atoms with Crippen LogP contribution in [-0.4, -0.2) is 42.6 Å². The monoisotopic (exact) mass is 397 g/mol. The third-order valence-corrected chi connectivity index (χ3v) is 5.25. The molecule has 0 aromatic heterocycles. The lowest BCUT2D eigenvalue weighted by Crippen LogP contribution is -2.45. The van der Waals surface area contributed by atoms with E-state index in [1.807, 2.05) is 0 Å². The Morgan fingerprint density at radius 3 is 2.81 bits per heavy atom. The molecule has 3 rings (SSSR count). The van der Waals surface area contributed by atoms with E-state index in [0.29, 0.717) is 12.4 Å². The number of carbonyl (C=O) groups is 1. The van der Waals surface area contributed by atoms with Crippen LogP contribution in [0.4, 0.5) is 14.9 Å². The number of hydrogen-bond acceptors (Lipinski definition) is 3. The van der Waals surface area contributed by atoms with Crippen molar-refractivity contribution >= 4 is 40.8 Å². The van der Waals surface area contributed by atoms with E-state index in [0.717, 1.165) is 24.5 Å². The van der Waals surface area contributed by atoms with Crippen molar-refractivity contribution in [1.29, 1.82) is 0 Å². The zero-order valence-electron chi connectivity index (χ0n) is 14.1. The van der Waals surface area contributed by atoms with Gasteiger partial charge in [-0.2, -0.15) is 0 Å². The molecule has 1 aromatic carbocycles. The zero-order chi connectivity index (χ0) is 18.8. The standard InChI is InChI=1S/C18H18Cl2FN3O2/c1-10-3-6-17(26-2)22-9-11-4-5-16(10)24(11)18(25)23-15-8-13(20)12(19)7-14(15)21/h3,6-8,11,16H,1,4-5,9H2,2H3,(H,23,25)/b6-3-,22-17?. The second-order valence-electron chi connectivity index (χ2n) is 6.12. The van der Waals surface area contributed by atoms with Gasteiger partial charge in [-0.15, -0.1) is 0 Å². The second-order valence-corrected chi connectivity index (χ2v) is 6.94. The van der Waals surface area contributed by atoms with E-state index in [1.165, 1.54) is 6.07 Å². The normalized spacial score (nSPS) is 23.6. The number of fused-ring (bicyclic) bond motifs is 2. The van der Waals surface area contributed by atoms with Crippen molar-refractivity contribution in [3.05, 3.63) is 52.3 Å². The molecule has 2 aliphatic heterocycles. The predicted octanol–water partition coefficient (Wildman–Crippen LogP) is 4.67. The summed E-state index contributed by atoms with van der Waals surface area (Å²) in [5.74, 6) is -0.169. The van der Waals surface area contributed by atoms with Crippen molar-refractivity contribution in [2.24, 2.45) is 4.99 Å². The lowest BCUT2D eigenvalue weighted by atomic mass is 10.1. The molecule has 0 saturated carbocycles. The summed E-state index contributed by atoms with van der Waals surface area (Å²) in [5.41, 5.74) is 0.745. The van der Waals surface area contributed by atoms with E-state index in [9.17, 15) is 9.18 Å². The summed E-state index contributed by atoms with van der Waals surface area (Å²) < 4.78 is 19.3. The van der Waals surface area contributed by atoms with Crippen LogP contribution in [-0.2, 0) is 4.74 Å². The Kier molecular flexibility index (Phi) is 5.53. The topological polar surface area (TPSA) is 53.9 Å². The van der Waals surface area contributed by atoms with E-state index in [4.69, 9.17) is 27.9 Å². The number of amides is 2. The summed E-state index contributed by atoms with van der Waals surface area (Å²) >= 11 is 11.7. The first-order valence-corrected chi connectivity index (χ1v) is 8.85. The molecule has 0 spiro atoms. The van der Waals surface area contributed by atoms with Crippen LogP contribution < -0.4 is 5.32 Å². The van der Waals surface area contributed by atoms with Gasteiger partial charge in [0.15, 0.2) is 0 Å². The quantitative estimate of drug-likeness (QED) is 0.700. The van der Waals surface area contributed by atoms with E-state index >= 15 is 0 Å². The molecule has 0 radical (unpaired) electrons. The van der Waals surface area contributed by atoms with Crippen LogP contribution in [0.1, 0.15) is 12.8 Å². The Bertz CT molecular complexity index is 810. The fraction of sp³-hybridized carbons (Fsp3) is 0.333. The predicted molar refractivity (Wildman–Crippen MR) is 102 cm³/mol. The second kappa shape index (κ2) is 7.68. The van der Waals surface area contributed by atoms with Crippen molar-refractivity contribution in [3.63, 3.8) is 0 Å². The highest BCUT2D eigenvalue weighted by atomic mass is 35.5. The Hall–Kier alpha value is -2.05. The van der Waals surface area contributed by atoms with Gasteiger partial charge in [0.25, 0.3) is 0 Å². The molecule has 1 fully saturated rings. The van der Waals surface area contributed by atoms with Gasteiger partial charge >= 0.3 is 6.03 Å². The molecule has 1 N–H and O–H groups in total. The molecular weight excluding hydrogens is 380 g/mol. The summed E-state index contributed by atoms with van der Waals surface area (Å²) in [6.07, 6.45) is 5.07. The minimum atomic E-state index is -0.650. The third-order valence-electron chi connectivity index (χ3n) is 4.52. The molecule has 0 aliphatic carbocycles. The number of hydrogen-bond donors (Lipinski definition) is 1. The maximum atomic E-state index is 14.1. The van der Waals surface area contributed by atoms with Gasteiger partial charge in [0, 0.05) is 6.08 Å². The molecule has 1 saturated heterocycles. The lowest BCUT2D eigenvalue weighted by Gasteiger charge is -2.30. The van der Waals surface area contributed by atoms with Crippen LogP contribution >= 0.6 is 23.2 Å². The maximum Gasteiger partial charge on any atom is 0.322 e. The zero-order valence-corrected chi connectivity index (χ0v) is 15.6. The lowest BCUT2D eigenvalue weighted by molar-refractivity contribution is 0.195. The maximum absolute atomic E-state index is 14.1. The number of benzene rings is 1. The first kappa shape index (κ1) is 18.7. The van der Waals surface area contributed by atoms with E-state index in [1.54, 1.807) is 24.2 Å². The molecule has 1 aromatic rings. The Morgan fingerprint density at radius 1 is 1.35 bits per heavy atom. The summed E-state index contributed by atoms with van der Waals surface area (Å²) in [6.45, 7) is 4.45. The van der Waals surface area contributed by atoms with E-state index in [2.05, 4.69) is 16.9 Å². The summed E-state index contributed by atoms with van der Waals surface area (Å²) in [4.78, 5) is 18.9. The van der Waals surface area contributed by atoms with Crippen molar-refractivity contribution in [3.8, 4) is 0 Å². The molecule has 2 aliphatic rings. The fourth-order valence-electron chi connectivity index (χ4n) is 3.20. The van der Waals surface area contributed by atoms with E-state index < -0.39 is 11.8 Å². The highest BCUT2D eigenvalue weighted by Crippen LogP contribution is 2.32. The van der Waals surface area contributed by atoms with Crippen molar-refractivity contribution in [2.75, 3.05) is 19.0 Å². The SMILES string of the molecule is C=C1/C=C\C(OC)=NCC2CCC1N2C(=O)Nc1cc(Cl)c(Cl)cc1F. The Labute approximate surface area is 161 Å². The number of rotatable bonds is 1. The third kappa shape index (κ3) is 3.71.